The summed E-state index contributed by atoms with van der Waals surface area (Å²) in [5.41, 5.74) is 1.01. The van der Waals surface area contributed by atoms with Gasteiger partial charge in [-0.1, -0.05) is 6.92 Å². The summed E-state index contributed by atoms with van der Waals surface area (Å²) in [5, 5.41) is 7.38. The number of nitrogens with one attached hydrogen (secondary N) is 2. The van der Waals surface area contributed by atoms with Crippen LogP contribution in [0.15, 0.2) is 0 Å². The smallest absolute Gasteiger partial charge is 0.0153 e. The van der Waals surface area contributed by atoms with Gasteiger partial charge >= 0.3 is 0 Å². The van der Waals surface area contributed by atoms with Crippen LogP contribution in [0, 0.1) is 5.41 Å². The van der Waals surface area contributed by atoms with E-state index in [2.05, 4.69) is 24.5 Å². The third-order valence-corrected chi connectivity index (χ3v) is 4.66. The lowest BCUT2D eigenvalue weighted by Crippen LogP contribution is -2.54. The van der Waals surface area contributed by atoms with Gasteiger partial charge in [-0.2, -0.15) is 0 Å². The first-order valence-corrected chi connectivity index (χ1v) is 6.64. The zero-order valence-corrected chi connectivity index (χ0v) is 10.4. The molecule has 0 bridgehead atoms. The summed E-state index contributed by atoms with van der Waals surface area (Å²) in [6, 6.07) is 0. The molecule has 88 valence electrons. The van der Waals surface area contributed by atoms with Crippen LogP contribution in [0.2, 0.25) is 0 Å². The molecule has 2 rings (SSSR count). The lowest BCUT2D eigenvalue weighted by atomic mass is 9.74. The van der Waals surface area contributed by atoms with Crippen LogP contribution >= 0.6 is 0 Å². The van der Waals surface area contributed by atoms with Crippen molar-refractivity contribution in [2.24, 2.45) is 5.41 Å². The van der Waals surface area contributed by atoms with Crippen molar-refractivity contribution in [2.45, 2.75) is 57.9 Å². The SMILES string of the molecule is CCC1(CNC2(C)CCC2)CCCNC1. The highest BCUT2D eigenvalue weighted by Crippen LogP contribution is 2.34. The highest BCUT2D eigenvalue weighted by Gasteiger charge is 2.36. The maximum absolute atomic E-state index is 3.82. The second-order valence-corrected chi connectivity index (χ2v) is 5.90. The zero-order chi connectivity index (χ0) is 10.8. The molecule has 1 aliphatic carbocycles. The first-order chi connectivity index (χ1) is 7.18. The van der Waals surface area contributed by atoms with Gasteiger partial charge in [-0.15, -0.1) is 0 Å². The molecule has 1 unspecified atom stereocenters. The summed E-state index contributed by atoms with van der Waals surface area (Å²) in [5.74, 6) is 0. The molecule has 1 heterocycles. The first-order valence-electron chi connectivity index (χ1n) is 6.64. The van der Waals surface area contributed by atoms with Crippen molar-refractivity contribution >= 4 is 0 Å². The molecule has 0 spiro atoms. The molecule has 0 aromatic carbocycles. The molecule has 1 saturated carbocycles. The molecule has 0 aromatic rings. The summed E-state index contributed by atoms with van der Waals surface area (Å²) in [6.07, 6.45) is 8.23. The third kappa shape index (κ3) is 2.54. The molecule has 1 saturated heterocycles. The van der Waals surface area contributed by atoms with Gasteiger partial charge in [0.2, 0.25) is 0 Å². The second-order valence-electron chi connectivity index (χ2n) is 5.90. The highest BCUT2D eigenvalue weighted by atomic mass is 15.0. The Balaban J connectivity index is 1.84. The van der Waals surface area contributed by atoms with Gasteiger partial charge in [0.15, 0.2) is 0 Å². The van der Waals surface area contributed by atoms with E-state index in [1.54, 1.807) is 0 Å². The van der Waals surface area contributed by atoms with Crippen molar-refractivity contribution in [2.75, 3.05) is 19.6 Å². The average Bonchev–Trinajstić information content (AvgIpc) is 2.25. The van der Waals surface area contributed by atoms with Crippen LogP contribution in [0.25, 0.3) is 0 Å². The zero-order valence-electron chi connectivity index (χ0n) is 10.4. The number of hydrogen-bond donors (Lipinski definition) is 2. The Morgan fingerprint density at radius 1 is 1.20 bits per heavy atom. The van der Waals surface area contributed by atoms with Gasteiger partial charge in [0.25, 0.3) is 0 Å². The fraction of sp³-hybridized carbons (Fsp3) is 1.00. The van der Waals surface area contributed by atoms with E-state index in [4.69, 9.17) is 0 Å². The van der Waals surface area contributed by atoms with Crippen molar-refractivity contribution in [1.82, 2.24) is 10.6 Å². The van der Waals surface area contributed by atoms with Crippen molar-refractivity contribution in [3.05, 3.63) is 0 Å². The molecule has 0 amide bonds. The minimum Gasteiger partial charge on any atom is -0.316 e. The van der Waals surface area contributed by atoms with Crippen LogP contribution in [-0.4, -0.2) is 25.2 Å². The normalized spacial score (nSPS) is 34.8. The molecule has 1 aliphatic heterocycles. The summed E-state index contributed by atoms with van der Waals surface area (Å²) < 4.78 is 0. The van der Waals surface area contributed by atoms with Gasteiger partial charge in [-0.25, -0.2) is 0 Å². The minimum absolute atomic E-state index is 0.472. The molecule has 0 aromatic heterocycles. The number of rotatable bonds is 4. The predicted molar refractivity (Wildman–Crippen MR) is 65.1 cm³/mol. The maximum atomic E-state index is 3.82. The molecule has 15 heavy (non-hydrogen) atoms. The molecule has 2 nitrogen and oxygen atoms in total. The molecule has 2 heteroatoms. The highest BCUT2D eigenvalue weighted by molar-refractivity contribution is 4.95. The Kier molecular flexibility index (Phi) is 3.36. The van der Waals surface area contributed by atoms with E-state index in [0.29, 0.717) is 11.0 Å². The van der Waals surface area contributed by atoms with Crippen LogP contribution in [-0.2, 0) is 0 Å². The average molecular weight is 210 g/mol. The predicted octanol–water partition coefficient (Wildman–Crippen LogP) is 2.30. The van der Waals surface area contributed by atoms with Gasteiger partial charge in [0.1, 0.15) is 0 Å². The summed E-state index contributed by atoms with van der Waals surface area (Å²) in [4.78, 5) is 0. The molecular formula is C13H26N2. The molecule has 2 aliphatic rings. The van der Waals surface area contributed by atoms with E-state index in [1.165, 1.54) is 58.2 Å². The van der Waals surface area contributed by atoms with Gasteiger partial charge in [-0.3, -0.25) is 0 Å². The van der Waals surface area contributed by atoms with Gasteiger partial charge in [-0.05, 0) is 57.4 Å². The van der Waals surface area contributed by atoms with E-state index in [1.807, 2.05) is 0 Å². The lowest BCUT2D eigenvalue weighted by Gasteiger charge is -2.45. The van der Waals surface area contributed by atoms with Crippen molar-refractivity contribution in [3.63, 3.8) is 0 Å². The van der Waals surface area contributed by atoms with Crippen molar-refractivity contribution in [1.29, 1.82) is 0 Å². The number of piperidine rings is 1. The van der Waals surface area contributed by atoms with E-state index in [9.17, 15) is 0 Å². The summed E-state index contributed by atoms with van der Waals surface area (Å²) in [6.45, 7) is 8.38. The number of hydrogen-bond acceptors (Lipinski definition) is 2. The summed E-state index contributed by atoms with van der Waals surface area (Å²) in [7, 11) is 0. The van der Waals surface area contributed by atoms with Crippen molar-refractivity contribution in [3.8, 4) is 0 Å². The molecule has 2 fully saturated rings. The van der Waals surface area contributed by atoms with Crippen LogP contribution < -0.4 is 10.6 Å². The summed E-state index contributed by atoms with van der Waals surface area (Å²) >= 11 is 0. The fourth-order valence-corrected chi connectivity index (χ4v) is 2.89. The van der Waals surface area contributed by atoms with E-state index >= 15 is 0 Å². The lowest BCUT2D eigenvalue weighted by molar-refractivity contribution is 0.134. The molecule has 1 atom stereocenters. The van der Waals surface area contributed by atoms with Gasteiger partial charge in [0, 0.05) is 18.6 Å². The Hall–Kier alpha value is -0.0800. The Morgan fingerprint density at radius 3 is 2.47 bits per heavy atom. The Labute approximate surface area is 94.2 Å². The largest absolute Gasteiger partial charge is 0.316 e. The minimum atomic E-state index is 0.472. The molecule has 0 radical (unpaired) electrons. The quantitative estimate of drug-likeness (QED) is 0.744. The first kappa shape index (κ1) is 11.4. The fourth-order valence-electron chi connectivity index (χ4n) is 2.89. The van der Waals surface area contributed by atoms with E-state index < -0.39 is 0 Å². The Morgan fingerprint density at radius 2 is 2.00 bits per heavy atom. The Bertz CT molecular complexity index is 203. The van der Waals surface area contributed by atoms with Gasteiger partial charge in [0.05, 0.1) is 0 Å². The monoisotopic (exact) mass is 210 g/mol. The maximum Gasteiger partial charge on any atom is 0.0153 e. The standard InChI is InChI=1S/C13H26N2/c1-3-13(8-5-9-14-10-13)11-15-12(2)6-4-7-12/h14-15H,3-11H2,1-2H3. The van der Waals surface area contributed by atoms with Crippen LogP contribution in [0.3, 0.4) is 0 Å². The third-order valence-electron chi connectivity index (χ3n) is 4.66. The van der Waals surface area contributed by atoms with Gasteiger partial charge < -0.3 is 10.6 Å². The van der Waals surface area contributed by atoms with Crippen LogP contribution in [0.1, 0.15) is 52.4 Å². The van der Waals surface area contributed by atoms with Crippen molar-refractivity contribution < 1.29 is 0 Å². The topological polar surface area (TPSA) is 24.1 Å². The van der Waals surface area contributed by atoms with E-state index in [0.717, 1.165) is 0 Å². The molecule has 2 N–H and O–H groups in total. The second kappa shape index (κ2) is 4.42. The molecular weight excluding hydrogens is 184 g/mol. The van der Waals surface area contributed by atoms with Crippen LogP contribution in [0.4, 0.5) is 0 Å². The van der Waals surface area contributed by atoms with E-state index in [-0.39, 0.29) is 0 Å². The van der Waals surface area contributed by atoms with Crippen LogP contribution in [0.5, 0.6) is 0 Å².